The molecule has 0 aromatic heterocycles. The Kier molecular flexibility index (Phi) is 3.96. The van der Waals surface area contributed by atoms with Crippen molar-refractivity contribution in [2.75, 3.05) is 19.6 Å². The second kappa shape index (κ2) is 4.67. The van der Waals surface area contributed by atoms with E-state index >= 15 is 0 Å². The highest BCUT2D eigenvalue weighted by molar-refractivity contribution is 5.01. The van der Waals surface area contributed by atoms with E-state index < -0.39 is 0 Å². The van der Waals surface area contributed by atoms with Crippen molar-refractivity contribution in [3.63, 3.8) is 0 Å². The average molecular weight is 210 g/mol. The van der Waals surface area contributed by atoms with E-state index in [1.807, 2.05) is 0 Å². The summed E-state index contributed by atoms with van der Waals surface area (Å²) in [4.78, 5) is 2.60. The summed E-state index contributed by atoms with van der Waals surface area (Å²) in [6, 6.07) is 0. The zero-order valence-corrected chi connectivity index (χ0v) is 10.9. The highest BCUT2D eigenvalue weighted by atomic mass is 15.3. The van der Waals surface area contributed by atoms with E-state index in [0.29, 0.717) is 5.54 Å². The third-order valence-corrected chi connectivity index (χ3v) is 3.62. The van der Waals surface area contributed by atoms with Crippen molar-refractivity contribution in [2.24, 2.45) is 0 Å². The molecule has 1 atom stereocenters. The van der Waals surface area contributed by atoms with Crippen molar-refractivity contribution in [3.8, 4) is 0 Å². The summed E-state index contributed by atoms with van der Waals surface area (Å²) in [6.45, 7) is 14.6. The van der Waals surface area contributed by atoms with Crippen LogP contribution in [-0.4, -0.2) is 35.6 Å². The van der Waals surface area contributed by atoms with Crippen LogP contribution in [0.3, 0.4) is 0 Å². The first-order valence-corrected chi connectivity index (χ1v) is 6.05. The molecule has 0 spiro atoms. The molecule has 1 saturated heterocycles. The number of nitrogens with zero attached hydrogens (tertiary/aromatic N) is 1. The monoisotopic (exact) mass is 210 g/mol. The summed E-state index contributed by atoms with van der Waals surface area (Å²) in [5, 5.41) is 3.64. The van der Waals surface area contributed by atoms with E-state index in [4.69, 9.17) is 0 Å². The Bertz CT molecular complexity index is 233. The van der Waals surface area contributed by atoms with E-state index in [9.17, 15) is 0 Å². The van der Waals surface area contributed by atoms with Gasteiger partial charge in [0.2, 0.25) is 0 Å². The molecule has 1 N–H and O–H groups in total. The standard InChI is InChI=1S/C13H26N2/c1-6-8-9-15-11-12(3,4)14-10-13(15,5)7-2/h6,8,14H,7,9-11H2,1-5H3/b8-6+. The van der Waals surface area contributed by atoms with Gasteiger partial charge in [0.1, 0.15) is 0 Å². The first-order valence-electron chi connectivity index (χ1n) is 6.05. The van der Waals surface area contributed by atoms with Crippen molar-refractivity contribution in [2.45, 2.75) is 52.1 Å². The van der Waals surface area contributed by atoms with Crippen LogP contribution in [0, 0.1) is 0 Å². The lowest BCUT2D eigenvalue weighted by Gasteiger charge is -2.50. The van der Waals surface area contributed by atoms with Crippen molar-refractivity contribution < 1.29 is 0 Å². The van der Waals surface area contributed by atoms with Crippen LogP contribution in [0.1, 0.15) is 41.0 Å². The third-order valence-electron chi connectivity index (χ3n) is 3.62. The maximum Gasteiger partial charge on any atom is 0.0307 e. The Morgan fingerprint density at radius 3 is 2.53 bits per heavy atom. The van der Waals surface area contributed by atoms with Crippen LogP contribution in [0.15, 0.2) is 12.2 Å². The second-order valence-corrected chi connectivity index (χ2v) is 5.54. The zero-order chi connectivity index (χ0) is 11.5. The van der Waals surface area contributed by atoms with Gasteiger partial charge in [0.25, 0.3) is 0 Å². The quantitative estimate of drug-likeness (QED) is 0.720. The molecule has 1 aliphatic rings. The third kappa shape index (κ3) is 3.05. The molecular weight excluding hydrogens is 184 g/mol. The maximum absolute atomic E-state index is 3.64. The minimum Gasteiger partial charge on any atom is -0.309 e. The molecule has 1 aliphatic heterocycles. The Labute approximate surface area is 94.7 Å². The Morgan fingerprint density at radius 1 is 1.33 bits per heavy atom. The van der Waals surface area contributed by atoms with Gasteiger partial charge in [-0.05, 0) is 34.1 Å². The summed E-state index contributed by atoms with van der Waals surface area (Å²) in [5.74, 6) is 0. The molecule has 0 radical (unpaired) electrons. The van der Waals surface area contributed by atoms with Crippen LogP contribution in [-0.2, 0) is 0 Å². The van der Waals surface area contributed by atoms with Gasteiger partial charge in [0, 0.05) is 30.7 Å². The number of hydrogen-bond donors (Lipinski definition) is 1. The topological polar surface area (TPSA) is 15.3 Å². The van der Waals surface area contributed by atoms with Crippen LogP contribution in [0.5, 0.6) is 0 Å². The van der Waals surface area contributed by atoms with Crippen molar-refractivity contribution in [1.29, 1.82) is 0 Å². The lowest BCUT2D eigenvalue weighted by molar-refractivity contribution is 0.0345. The molecule has 2 heteroatoms. The van der Waals surface area contributed by atoms with Gasteiger partial charge in [-0.25, -0.2) is 0 Å². The van der Waals surface area contributed by atoms with Gasteiger partial charge < -0.3 is 5.32 Å². The molecule has 88 valence electrons. The Balaban J connectivity index is 2.73. The zero-order valence-electron chi connectivity index (χ0n) is 10.9. The fourth-order valence-corrected chi connectivity index (χ4v) is 2.13. The molecule has 0 bridgehead atoms. The van der Waals surface area contributed by atoms with Crippen LogP contribution in [0.2, 0.25) is 0 Å². The Morgan fingerprint density at radius 2 is 2.00 bits per heavy atom. The van der Waals surface area contributed by atoms with Crippen molar-refractivity contribution in [3.05, 3.63) is 12.2 Å². The highest BCUT2D eigenvalue weighted by Crippen LogP contribution is 2.26. The fourth-order valence-electron chi connectivity index (χ4n) is 2.13. The number of piperazine rings is 1. The number of hydrogen-bond acceptors (Lipinski definition) is 2. The normalized spacial score (nSPS) is 32.3. The molecular formula is C13H26N2. The van der Waals surface area contributed by atoms with Gasteiger partial charge in [-0.1, -0.05) is 19.1 Å². The van der Waals surface area contributed by atoms with E-state index in [2.05, 4.69) is 57.0 Å². The maximum atomic E-state index is 3.64. The first-order chi connectivity index (χ1) is 6.93. The van der Waals surface area contributed by atoms with Crippen LogP contribution < -0.4 is 5.32 Å². The number of allylic oxidation sites excluding steroid dienone is 1. The molecule has 0 aromatic carbocycles. The van der Waals surface area contributed by atoms with Crippen LogP contribution in [0.4, 0.5) is 0 Å². The minimum atomic E-state index is 0.246. The molecule has 0 saturated carbocycles. The average Bonchev–Trinajstić information content (AvgIpc) is 2.20. The molecule has 0 aliphatic carbocycles. The van der Waals surface area contributed by atoms with E-state index in [1.54, 1.807) is 0 Å². The van der Waals surface area contributed by atoms with Crippen LogP contribution >= 0.6 is 0 Å². The largest absolute Gasteiger partial charge is 0.309 e. The van der Waals surface area contributed by atoms with E-state index in [-0.39, 0.29) is 5.54 Å². The van der Waals surface area contributed by atoms with Gasteiger partial charge in [0.15, 0.2) is 0 Å². The minimum absolute atomic E-state index is 0.246. The highest BCUT2D eigenvalue weighted by Gasteiger charge is 2.38. The molecule has 1 unspecified atom stereocenters. The fraction of sp³-hybridized carbons (Fsp3) is 0.846. The molecule has 1 fully saturated rings. The summed E-state index contributed by atoms with van der Waals surface area (Å²) >= 11 is 0. The van der Waals surface area contributed by atoms with Gasteiger partial charge in [-0.3, -0.25) is 4.90 Å². The summed E-state index contributed by atoms with van der Waals surface area (Å²) in [6.07, 6.45) is 5.61. The number of rotatable bonds is 3. The van der Waals surface area contributed by atoms with Gasteiger partial charge >= 0.3 is 0 Å². The molecule has 2 nitrogen and oxygen atoms in total. The molecule has 1 rings (SSSR count). The predicted molar refractivity (Wildman–Crippen MR) is 67.2 cm³/mol. The lowest BCUT2D eigenvalue weighted by atomic mass is 9.88. The lowest BCUT2D eigenvalue weighted by Crippen LogP contribution is -2.66. The SMILES string of the molecule is C/C=C/CN1CC(C)(C)NCC1(C)CC. The van der Waals surface area contributed by atoms with E-state index in [0.717, 1.165) is 19.6 Å². The van der Waals surface area contributed by atoms with Crippen molar-refractivity contribution >= 4 is 0 Å². The molecule has 0 aromatic rings. The van der Waals surface area contributed by atoms with Gasteiger partial charge in [-0.15, -0.1) is 0 Å². The van der Waals surface area contributed by atoms with Crippen molar-refractivity contribution in [1.82, 2.24) is 10.2 Å². The summed E-state index contributed by atoms with van der Waals surface area (Å²) in [5.41, 5.74) is 0.561. The van der Waals surface area contributed by atoms with Gasteiger partial charge in [0.05, 0.1) is 0 Å². The van der Waals surface area contributed by atoms with E-state index in [1.165, 1.54) is 6.42 Å². The molecule has 1 heterocycles. The van der Waals surface area contributed by atoms with Crippen LogP contribution in [0.25, 0.3) is 0 Å². The number of nitrogens with one attached hydrogen (secondary N) is 1. The predicted octanol–water partition coefficient (Wildman–Crippen LogP) is 2.42. The summed E-state index contributed by atoms with van der Waals surface area (Å²) in [7, 11) is 0. The molecule has 0 amide bonds. The smallest absolute Gasteiger partial charge is 0.0307 e. The Hall–Kier alpha value is -0.340. The first kappa shape index (κ1) is 12.7. The second-order valence-electron chi connectivity index (χ2n) is 5.54. The molecule has 15 heavy (non-hydrogen) atoms. The summed E-state index contributed by atoms with van der Waals surface area (Å²) < 4.78 is 0. The van der Waals surface area contributed by atoms with Gasteiger partial charge in [-0.2, -0.15) is 0 Å².